The second kappa shape index (κ2) is 19.4. The summed E-state index contributed by atoms with van der Waals surface area (Å²) in [6.45, 7) is 5.85. The minimum atomic E-state index is -1.54. The first-order valence-electron chi connectivity index (χ1n) is 21.6. The summed E-state index contributed by atoms with van der Waals surface area (Å²) >= 11 is 0. The molecule has 0 aromatic heterocycles. The fraction of sp³-hybridized carbons (Fsp3) is 0.200. The molecule has 3 nitrogen and oxygen atoms in total. The minimum absolute atomic E-state index is 0. The second-order valence-electron chi connectivity index (χ2n) is 17.5. The molecule has 2 aliphatic rings. The van der Waals surface area contributed by atoms with E-state index in [4.69, 9.17) is 9.47 Å². The number of benzene rings is 8. The normalized spacial score (nSPS) is 14.3. The average Bonchev–Trinajstić information content (AvgIpc) is 3.45. The van der Waals surface area contributed by atoms with E-state index < -0.39 is 34.9 Å². The van der Waals surface area contributed by atoms with Crippen LogP contribution >= 0.6 is 9.90 Å². The summed E-state index contributed by atoms with van der Waals surface area (Å²) in [6.07, 6.45) is 1.61. The molecular weight excluding hydrogens is 931 g/mol. The van der Waals surface area contributed by atoms with E-state index in [1.165, 1.54) is 5.56 Å². The molecule has 0 bridgehead atoms. The number of fused-ring (bicyclic) bond motifs is 7. The minimum Gasteiger partial charge on any atom is -1.00 e. The number of hydrogen-bond donors (Lipinski definition) is 0. The number of rotatable bonds is 9. The molecule has 1 fully saturated rings. The molecule has 8 aromatic rings. The summed E-state index contributed by atoms with van der Waals surface area (Å²) in [5.41, 5.74) is 8.23. The Bertz CT molecular complexity index is 2890. The van der Waals surface area contributed by atoms with Crippen LogP contribution in [0.4, 0.5) is 26.3 Å². The van der Waals surface area contributed by atoms with Crippen LogP contribution in [0.5, 0.6) is 5.75 Å². The van der Waals surface area contributed by atoms with E-state index in [0.717, 1.165) is 97.8 Å². The van der Waals surface area contributed by atoms with Crippen LogP contribution in [0, 0.1) is 47.7 Å². The molecule has 2 heterocycles. The van der Waals surface area contributed by atoms with E-state index in [1.807, 2.05) is 84.9 Å². The maximum Gasteiger partial charge on any atom is 0.194 e. The van der Waals surface area contributed by atoms with Crippen LogP contribution in [-0.2, 0) is 31.0 Å². The predicted molar refractivity (Wildman–Crippen MR) is 250 cm³/mol. The highest BCUT2D eigenvalue weighted by molar-refractivity contribution is 6.92. The Morgan fingerprint density at radius 3 is 1.47 bits per heavy atom. The third-order valence-electron chi connectivity index (χ3n) is 13.2. The summed E-state index contributed by atoms with van der Waals surface area (Å²) in [7, 11) is 0. The molecule has 0 aliphatic carbocycles. The molecule has 1 atom stereocenters. The van der Waals surface area contributed by atoms with Gasteiger partial charge in [-0.25, -0.2) is 26.3 Å². The maximum absolute atomic E-state index is 15.1. The summed E-state index contributed by atoms with van der Waals surface area (Å²) in [6, 6.07) is 39.8. The second-order valence-corrected chi connectivity index (χ2v) is 17.5. The van der Waals surface area contributed by atoms with Crippen LogP contribution in [0.3, 0.4) is 0 Å². The van der Waals surface area contributed by atoms with Crippen molar-refractivity contribution in [1.29, 1.82) is 0 Å². The van der Waals surface area contributed by atoms with Crippen molar-refractivity contribution in [3.63, 3.8) is 0 Å². The third kappa shape index (κ3) is 9.13. The van der Waals surface area contributed by atoms with Crippen molar-refractivity contribution in [3.05, 3.63) is 196 Å². The van der Waals surface area contributed by atoms with Crippen molar-refractivity contribution < 1.29 is 57.3 Å². The summed E-state index contributed by atoms with van der Waals surface area (Å²) in [5.74, 6) is -7.19. The highest BCUT2D eigenvalue weighted by atomic mass is 79.9. The SMILES string of the molecule is Cc1ccc(COc2ccc(COCC3CC[N+]4(CC3)Cc3c(-c5cc(F)c(F)c(F)c5)cc5ccccc5c3-c3c(c(-c5cc(F)c(F)c(F)c5)cc5ccccc35)C4)cc2)cc1.P.[Br-]. The Labute approximate surface area is 394 Å². The standard InChI is InChI=1S/C55H44F6NO2.BrH.H3P/c1-33-10-12-35(13-11-33)32-64-41-16-14-34(15-17-41)30-63-31-36-18-20-62(21-19-36)28-46-44(39-24-48(56)54(60)49(57)25-39)22-37-6-2-4-8-42(37)52(46)53-43-9-5-3-7-38(43)23-45(47(53)29-62)40-26-50(58)55(61)51(59)27-40;;/h2-17,22-27,36H,18-21,28-32H2,1H3;1H;1H3/q+1;;/p-1. The fourth-order valence-electron chi connectivity index (χ4n) is 9.87. The Morgan fingerprint density at radius 1 is 0.545 bits per heavy atom. The van der Waals surface area contributed by atoms with Crippen LogP contribution in [0.2, 0.25) is 0 Å². The van der Waals surface area contributed by atoms with Gasteiger partial charge in [0.05, 0.1) is 26.3 Å². The number of hydrogen-bond acceptors (Lipinski definition) is 2. The van der Waals surface area contributed by atoms with Crippen molar-refractivity contribution in [2.75, 3.05) is 19.7 Å². The molecule has 1 spiro atoms. The quantitative estimate of drug-likeness (QED) is 0.0621. The van der Waals surface area contributed by atoms with Crippen molar-refractivity contribution in [2.24, 2.45) is 5.92 Å². The zero-order valence-corrected chi connectivity index (χ0v) is 39.3. The van der Waals surface area contributed by atoms with Crippen LogP contribution in [0.1, 0.15) is 40.7 Å². The van der Waals surface area contributed by atoms with E-state index >= 15 is 17.6 Å². The van der Waals surface area contributed by atoms with E-state index in [1.54, 1.807) is 0 Å². The Hall–Kier alpha value is -5.51. The van der Waals surface area contributed by atoms with Crippen LogP contribution < -0.4 is 21.7 Å². The van der Waals surface area contributed by atoms with E-state index in [2.05, 4.69) is 31.2 Å². The lowest BCUT2D eigenvalue weighted by molar-refractivity contribution is -0.958. The number of quaternary nitrogens is 1. The van der Waals surface area contributed by atoms with Crippen LogP contribution in [0.15, 0.2) is 133 Å². The monoisotopic (exact) mass is 977 g/mol. The lowest BCUT2D eigenvalue weighted by Gasteiger charge is -2.44. The van der Waals surface area contributed by atoms with Gasteiger partial charge in [-0.3, -0.25) is 0 Å². The average molecular weight is 979 g/mol. The number of piperidine rings is 1. The Morgan fingerprint density at radius 2 is 0.985 bits per heavy atom. The summed E-state index contributed by atoms with van der Waals surface area (Å²) < 4.78 is 102. The maximum atomic E-state index is 15.1. The van der Waals surface area contributed by atoms with Gasteiger partial charge in [0.25, 0.3) is 0 Å². The first-order valence-corrected chi connectivity index (χ1v) is 21.6. The number of ether oxygens (including phenoxy) is 2. The Balaban J connectivity index is 0.00000296. The largest absolute Gasteiger partial charge is 1.00 e. The van der Waals surface area contributed by atoms with E-state index in [0.29, 0.717) is 61.6 Å². The van der Waals surface area contributed by atoms with Gasteiger partial charge in [0.1, 0.15) is 25.4 Å². The van der Waals surface area contributed by atoms with Crippen molar-refractivity contribution in [1.82, 2.24) is 0 Å². The molecule has 10 rings (SSSR count). The molecule has 2 aliphatic heterocycles. The van der Waals surface area contributed by atoms with Gasteiger partial charge in [0, 0.05) is 35.1 Å². The summed E-state index contributed by atoms with van der Waals surface area (Å²) in [5, 5.41) is 3.38. The topological polar surface area (TPSA) is 18.5 Å². The lowest BCUT2D eigenvalue weighted by atomic mass is 9.82. The number of aryl methyl sites for hydroxylation is 1. The molecule has 66 heavy (non-hydrogen) atoms. The molecule has 0 radical (unpaired) electrons. The molecular formula is C55H47BrF6NO2P. The molecule has 0 saturated carbocycles. The lowest BCUT2D eigenvalue weighted by Crippen LogP contribution is -3.00. The van der Waals surface area contributed by atoms with E-state index in [-0.39, 0.29) is 43.9 Å². The highest BCUT2D eigenvalue weighted by Gasteiger charge is 2.41. The van der Waals surface area contributed by atoms with Gasteiger partial charge in [-0.2, -0.15) is 9.90 Å². The molecule has 0 N–H and O–H groups in total. The summed E-state index contributed by atoms with van der Waals surface area (Å²) in [4.78, 5) is 0. The van der Waals surface area contributed by atoms with Gasteiger partial charge in [-0.15, -0.1) is 0 Å². The van der Waals surface area contributed by atoms with Gasteiger partial charge < -0.3 is 30.9 Å². The number of nitrogens with zero attached hydrogens (tertiary/aromatic N) is 1. The molecule has 1 unspecified atom stereocenters. The highest BCUT2D eigenvalue weighted by Crippen LogP contribution is 2.51. The molecule has 1 saturated heterocycles. The van der Waals surface area contributed by atoms with Crippen LogP contribution in [-0.4, -0.2) is 24.2 Å². The zero-order valence-electron chi connectivity index (χ0n) is 36.3. The predicted octanol–water partition coefficient (Wildman–Crippen LogP) is 11.2. The first-order chi connectivity index (χ1) is 31.0. The first kappa shape index (κ1) is 47.0. The third-order valence-corrected chi connectivity index (χ3v) is 13.2. The van der Waals surface area contributed by atoms with Crippen molar-refractivity contribution >= 4 is 31.4 Å². The zero-order chi connectivity index (χ0) is 44.1. The van der Waals surface area contributed by atoms with E-state index in [9.17, 15) is 8.78 Å². The van der Waals surface area contributed by atoms with Crippen molar-refractivity contribution in [2.45, 2.75) is 46.1 Å². The molecule has 338 valence electrons. The number of halogens is 7. The van der Waals surface area contributed by atoms with Crippen LogP contribution in [0.25, 0.3) is 54.9 Å². The fourth-order valence-corrected chi connectivity index (χ4v) is 9.87. The molecule has 11 heteroatoms. The smallest absolute Gasteiger partial charge is 0.194 e. The van der Waals surface area contributed by atoms with Gasteiger partial charge in [0.15, 0.2) is 34.9 Å². The molecule has 8 aromatic carbocycles. The van der Waals surface area contributed by atoms with Gasteiger partial charge in [-0.1, -0.05) is 90.5 Å². The van der Waals surface area contributed by atoms with Gasteiger partial charge >= 0.3 is 0 Å². The molecule has 0 amide bonds. The Kier molecular flexibility index (Phi) is 13.8. The van der Waals surface area contributed by atoms with Crippen molar-refractivity contribution in [3.8, 4) is 39.1 Å². The van der Waals surface area contributed by atoms with Gasteiger partial charge in [-0.05, 0) is 116 Å². The van der Waals surface area contributed by atoms with Gasteiger partial charge in [0.2, 0.25) is 0 Å².